The molecule has 0 saturated heterocycles. The van der Waals surface area contributed by atoms with Gasteiger partial charge < -0.3 is 19.5 Å². The van der Waals surface area contributed by atoms with Crippen molar-refractivity contribution in [2.75, 3.05) is 13.2 Å². The van der Waals surface area contributed by atoms with E-state index in [0.29, 0.717) is 30.3 Å². The van der Waals surface area contributed by atoms with Crippen molar-refractivity contribution in [1.82, 2.24) is 5.32 Å². The van der Waals surface area contributed by atoms with Gasteiger partial charge in [-0.1, -0.05) is 28.1 Å². The fourth-order valence-electron chi connectivity index (χ4n) is 2.75. The van der Waals surface area contributed by atoms with Crippen LogP contribution in [-0.2, 0) is 11.2 Å². The van der Waals surface area contributed by atoms with Crippen molar-refractivity contribution in [1.29, 1.82) is 0 Å². The van der Waals surface area contributed by atoms with Gasteiger partial charge >= 0.3 is 6.36 Å². The summed E-state index contributed by atoms with van der Waals surface area (Å²) in [5, 5.41) is 2.82. The van der Waals surface area contributed by atoms with Gasteiger partial charge in [0.15, 0.2) is 11.5 Å². The summed E-state index contributed by atoms with van der Waals surface area (Å²) in [6.07, 6.45) is -4.63. The zero-order valence-electron chi connectivity index (χ0n) is 14.8. The fraction of sp³-hybridized carbons (Fsp3) is 0.316. The standard InChI is InChI=1S/C19H17BrF3NO4/c1-11(12-2-4-14(5-3-12)28-19(21,22)23)24-18(25)9-13-8-16-17(10-15(13)20)27-7-6-26-16/h2-5,8,10-11H,6-7,9H2,1H3,(H,24,25). The topological polar surface area (TPSA) is 56.8 Å². The highest BCUT2D eigenvalue weighted by molar-refractivity contribution is 9.10. The first-order chi connectivity index (χ1) is 13.2. The number of halogens is 4. The van der Waals surface area contributed by atoms with Crippen molar-refractivity contribution in [2.45, 2.75) is 25.7 Å². The Morgan fingerprint density at radius 3 is 2.39 bits per heavy atom. The molecule has 1 aliphatic rings. The Balaban J connectivity index is 1.61. The van der Waals surface area contributed by atoms with Gasteiger partial charge in [0, 0.05) is 4.47 Å². The normalized spacial score (nSPS) is 14.3. The number of fused-ring (bicyclic) bond motifs is 1. The maximum Gasteiger partial charge on any atom is 0.573 e. The van der Waals surface area contributed by atoms with Crippen LogP contribution in [-0.4, -0.2) is 25.5 Å². The molecule has 0 fully saturated rings. The summed E-state index contributed by atoms with van der Waals surface area (Å²) in [5.41, 5.74) is 1.40. The second-order valence-corrected chi connectivity index (χ2v) is 7.02. The average molecular weight is 460 g/mol. The first-order valence-electron chi connectivity index (χ1n) is 8.44. The fourth-order valence-corrected chi connectivity index (χ4v) is 3.21. The highest BCUT2D eigenvalue weighted by Gasteiger charge is 2.31. The van der Waals surface area contributed by atoms with E-state index in [2.05, 4.69) is 26.0 Å². The molecule has 28 heavy (non-hydrogen) atoms. The molecule has 2 aromatic rings. The van der Waals surface area contributed by atoms with Crippen molar-refractivity contribution in [3.05, 3.63) is 52.0 Å². The summed E-state index contributed by atoms with van der Waals surface area (Å²) in [4.78, 5) is 12.4. The molecule has 0 radical (unpaired) electrons. The van der Waals surface area contributed by atoms with Crippen LogP contribution in [0.15, 0.2) is 40.9 Å². The van der Waals surface area contributed by atoms with E-state index >= 15 is 0 Å². The number of benzene rings is 2. The minimum absolute atomic E-state index is 0.108. The minimum Gasteiger partial charge on any atom is -0.486 e. The summed E-state index contributed by atoms with van der Waals surface area (Å²) in [7, 11) is 0. The van der Waals surface area contributed by atoms with E-state index in [9.17, 15) is 18.0 Å². The Bertz CT molecular complexity index is 855. The molecule has 0 saturated carbocycles. The summed E-state index contributed by atoms with van der Waals surface area (Å²) in [6.45, 7) is 2.67. The van der Waals surface area contributed by atoms with Crippen molar-refractivity contribution in [3.63, 3.8) is 0 Å². The molecule has 0 bridgehead atoms. The molecule has 0 aromatic heterocycles. The van der Waals surface area contributed by atoms with Crippen LogP contribution in [0.5, 0.6) is 17.2 Å². The van der Waals surface area contributed by atoms with Crippen LogP contribution in [0.3, 0.4) is 0 Å². The maximum atomic E-state index is 12.4. The van der Waals surface area contributed by atoms with Gasteiger partial charge in [0.25, 0.3) is 0 Å². The van der Waals surface area contributed by atoms with Crippen molar-refractivity contribution in [2.24, 2.45) is 0 Å². The lowest BCUT2D eigenvalue weighted by Gasteiger charge is -2.20. The number of ether oxygens (including phenoxy) is 3. The van der Waals surface area contributed by atoms with Crippen LogP contribution in [0, 0.1) is 0 Å². The molecule has 1 aliphatic heterocycles. The molecule has 1 atom stereocenters. The van der Waals surface area contributed by atoms with Gasteiger partial charge in [-0.25, -0.2) is 0 Å². The predicted octanol–water partition coefficient (Wildman–Crippen LogP) is 4.54. The van der Waals surface area contributed by atoms with Crippen LogP contribution >= 0.6 is 15.9 Å². The molecule has 1 unspecified atom stereocenters. The number of alkyl halides is 3. The number of nitrogens with one attached hydrogen (secondary N) is 1. The van der Waals surface area contributed by atoms with E-state index in [1.807, 2.05) is 0 Å². The molecule has 150 valence electrons. The van der Waals surface area contributed by atoms with Gasteiger partial charge in [-0.3, -0.25) is 4.79 Å². The van der Waals surface area contributed by atoms with Crippen LogP contribution in [0.1, 0.15) is 24.1 Å². The number of carbonyl (C=O) groups excluding carboxylic acids is 1. The van der Waals surface area contributed by atoms with Crippen molar-refractivity contribution >= 4 is 21.8 Å². The van der Waals surface area contributed by atoms with E-state index in [1.165, 1.54) is 24.3 Å². The van der Waals surface area contributed by atoms with Crippen molar-refractivity contribution < 1.29 is 32.2 Å². The Morgan fingerprint density at radius 2 is 1.79 bits per heavy atom. The molecule has 5 nitrogen and oxygen atoms in total. The average Bonchev–Trinajstić information content (AvgIpc) is 2.61. The zero-order valence-corrected chi connectivity index (χ0v) is 16.4. The van der Waals surface area contributed by atoms with Gasteiger partial charge in [0.05, 0.1) is 12.5 Å². The molecular formula is C19H17BrF3NO4. The van der Waals surface area contributed by atoms with Gasteiger partial charge in [-0.05, 0) is 42.3 Å². The Kier molecular flexibility index (Phi) is 6.02. The third kappa shape index (κ3) is 5.31. The Hall–Kier alpha value is -2.42. The first-order valence-corrected chi connectivity index (χ1v) is 9.23. The summed E-state index contributed by atoms with van der Waals surface area (Å²) < 4.78 is 52.2. The van der Waals surface area contributed by atoms with Crippen LogP contribution < -0.4 is 19.5 Å². The van der Waals surface area contributed by atoms with Gasteiger partial charge in [-0.2, -0.15) is 0 Å². The van der Waals surface area contributed by atoms with Gasteiger partial charge in [0.1, 0.15) is 19.0 Å². The number of carbonyl (C=O) groups is 1. The highest BCUT2D eigenvalue weighted by Crippen LogP contribution is 2.35. The molecule has 0 spiro atoms. The van der Waals surface area contributed by atoms with Crippen LogP contribution in [0.4, 0.5) is 13.2 Å². The highest BCUT2D eigenvalue weighted by atomic mass is 79.9. The Morgan fingerprint density at radius 1 is 1.18 bits per heavy atom. The van der Waals surface area contributed by atoms with Crippen molar-refractivity contribution in [3.8, 4) is 17.2 Å². The summed E-state index contributed by atoms with van der Waals surface area (Å²) >= 11 is 3.43. The number of hydrogen-bond acceptors (Lipinski definition) is 4. The lowest BCUT2D eigenvalue weighted by Crippen LogP contribution is -2.28. The number of amides is 1. The smallest absolute Gasteiger partial charge is 0.486 e. The largest absolute Gasteiger partial charge is 0.573 e. The first kappa shape index (κ1) is 20.3. The van der Waals surface area contributed by atoms with Crippen LogP contribution in [0.2, 0.25) is 0 Å². The molecule has 9 heteroatoms. The predicted molar refractivity (Wildman–Crippen MR) is 98.5 cm³/mol. The molecule has 2 aromatic carbocycles. The third-order valence-electron chi connectivity index (χ3n) is 4.05. The zero-order chi connectivity index (χ0) is 20.3. The van der Waals surface area contributed by atoms with E-state index in [-0.39, 0.29) is 24.1 Å². The molecule has 1 N–H and O–H groups in total. The molecule has 1 heterocycles. The lowest BCUT2D eigenvalue weighted by atomic mass is 10.1. The van der Waals surface area contributed by atoms with E-state index in [0.717, 1.165) is 10.0 Å². The van der Waals surface area contributed by atoms with E-state index < -0.39 is 6.36 Å². The SMILES string of the molecule is CC(NC(=O)Cc1cc2c(cc1Br)OCCO2)c1ccc(OC(F)(F)F)cc1. The molecular weight excluding hydrogens is 443 g/mol. The lowest BCUT2D eigenvalue weighted by molar-refractivity contribution is -0.274. The maximum absolute atomic E-state index is 12.4. The quantitative estimate of drug-likeness (QED) is 0.712. The number of hydrogen-bond donors (Lipinski definition) is 1. The minimum atomic E-state index is -4.74. The molecule has 1 amide bonds. The summed E-state index contributed by atoms with van der Waals surface area (Å²) in [5.74, 6) is 0.665. The molecule has 0 aliphatic carbocycles. The second kappa shape index (κ2) is 8.30. The van der Waals surface area contributed by atoms with E-state index in [1.54, 1.807) is 19.1 Å². The summed E-state index contributed by atoms with van der Waals surface area (Å²) in [6, 6.07) is 8.51. The monoisotopic (exact) mass is 459 g/mol. The van der Waals surface area contributed by atoms with Gasteiger partial charge in [-0.15, -0.1) is 13.2 Å². The Labute approximate surface area is 167 Å². The third-order valence-corrected chi connectivity index (χ3v) is 4.79. The van der Waals surface area contributed by atoms with Gasteiger partial charge in [0.2, 0.25) is 5.91 Å². The van der Waals surface area contributed by atoms with E-state index in [4.69, 9.17) is 9.47 Å². The van der Waals surface area contributed by atoms with Crippen LogP contribution in [0.25, 0.3) is 0 Å². The molecule has 3 rings (SSSR count). The second-order valence-electron chi connectivity index (χ2n) is 6.17. The number of rotatable bonds is 5.